The van der Waals surface area contributed by atoms with E-state index in [0.717, 1.165) is 23.1 Å². The smallest absolute Gasteiger partial charge is 0.194 e. The molecule has 3 rings (SSSR count). The maximum Gasteiger partial charge on any atom is 0.194 e. The highest BCUT2D eigenvalue weighted by Gasteiger charge is 2.31. The maximum absolute atomic E-state index is 13.1. The Morgan fingerprint density at radius 3 is 2.11 bits per heavy atom. The van der Waals surface area contributed by atoms with Crippen molar-refractivity contribution in [2.45, 2.75) is 13.3 Å². The van der Waals surface area contributed by atoms with Crippen LogP contribution in [0.15, 0.2) is 47.7 Å². The van der Waals surface area contributed by atoms with Crippen molar-refractivity contribution in [1.82, 2.24) is 0 Å². The molecule has 2 aromatic rings. The Bertz CT molecular complexity index is 890. The topological polar surface area (TPSA) is 91.0 Å². The van der Waals surface area contributed by atoms with Gasteiger partial charge in [0.05, 0.1) is 0 Å². The number of benzene rings is 2. The van der Waals surface area contributed by atoms with Crippen molar-refractivity contribution >= 4 is 11.4 Å². The zero-order valence-corrected chi connectivity index (χ0v) is 15.2. The Balaban J connectivity index is 2.18. The van der Waals surface area contributed by atoms with E-state index in [9.17, 15) is 9.70 Å². The summed E-state index contributed by atoms with van der Waals surface area (Å²) in [6.07, 6.45) is 2.84. The summed E-state index contributed by atoms with van der Waals surface area (Å²) >= 11 is 0. The largest absolute Gasteiger partial charge is 0.492 e. The van der Waals surface area contributed by atoms with E-state index in [1.165, 1.54) is 0 Å². The summed E-state index contributed by atoms with van der Waals surface area (Å²) in [7, 11) is 0. The predicted molar refractivity (Wildman–Crippen MR) is 104 cm³/mol. The Labute approximate surface area is 158 Å². The summed E-state index contributed by atoms with van der Waals surface area (Å²) in [4.78, 5) is 23.5. The molecule has 0 unspecified atom stereocenters. The molecular weight excluding hydrogens is 344 g/mol. The molecule has 0 aliphatic heterocycles. The average Bonchev–Trinajstić information content (AvgIpc) is 2.69. The minimum absolute atomic E-state index is 0.0475. The third kappa shape index (κ3) is 3.61. The highest BCUT2D eigenvalue weighted by Crippen LogP contribution is 2.44. The SMILES string of the molecule is CCC=C1c2c(OCCN)cccc2C(=O)c2cccc(OCCN=O)c21. The van der Waals surface area contributed by atoms with E-state index in [1.54, 1.807) is 18.2 Å². The van der Waals surface area contributed by atoms with Gasteiger partial charge in [-0.05, 0) is 24.1 Å². The van der Waals surface area contributed by atoms with Crippen LogP contribution in [0, 0.1) is 4.91 Å². The van der Waals surface area contributed by atoms with Crippen molar-refractivity contribution in [2.75, 3.05) is 26.3 Å². The van der Waals surface area contributed by atoms with E-state index in [2.05, 4.69) is 11.3 Å². The van der Waals surface area contributed by atoms with Crippen molar-refractivity contribution in [2.24, 2.45) is 10.9 Å². The number of ether oxygens (including phenoxy) is 2. The second kappa shape index (κ2) is 8.60. The van der Waals surface area contributed by atoms with E-state index >= 15 is 0 Å². The van der Waals surface area contributed by atoms with Crippen LogP contribution in [-0.4, -0.2) is 32.1 Å². The molecule has 2 N–H and O–H groups in total. The van der Waals surface area contributed by atoms with Crippen LogP contribution in [0.25, 0.3) is 5.57 Å². The van der Waals surface area contributed by atoms with E-state index in [0.29, 0.717) is 35.8 Å². The molecule has 140 valence electrons. The lowest BCUT2D eigenvalue weighted by atomic mass is 9.80. The molecular formula is C21H22N2O4. The van der Waals surface area contributed by atoms with Gasteiger partial charge in [-0.3, -0.25) is 4.79 Å². The molecule has 1 aliphatic rings. The first-order chi connectivity index (χ1) is 13.2. The standard InChI is InChI=1S/C21H22N2O4/c1-2-5-14-19-15(6-3-8-17(19)26-12-10-22)21(24)16-7-4-9-18(20(14)16)27-13-11-23-25/h3-9H,2,10-13,22H2,1H3. The van der Waals surface area contributed by atoms with Gasteiger partial charge in [0.15, 0.2) is 5.78 Å². The third-order valence-corrected chi connectivity index (χ3v) is 4.30. The molecule has 0 saturated carbocycles. The first-order valence-electron chi connectivity index (χ1n) is 8.99. The van der Waals surface area contributed by atoms with Crippen molar-refractivity contribution in [1.29, 1.82) is 0 Å². The Kier molecular flexibility index (Phi) is 5.98. The molecule has 27 heavy (non-hydrogen) atoms. The lowest BCUT2D eigenvalue weighted by Gasteiger charge is -2.26. The van der Waals surface area contributed by atoms with Crippen molar-refractivity contribution in [3.8, 4) is 11.5 Å². The number of carbonyl (C=O) groups excluding carboxylic acids is 1. The summed E-state index contributed by atoms with van der Waals surface area (Å²) in [6.45, 7) is 2.98. The van der Waals surface area contributed by atoms with Crippen LogP contribution in [-0.2, 0) is 0 Å². The normalized spacial score (nSPS) is 13.9. The fourth-order valence-corrected chi connectivity index (χ4v) is 3.28. The number of fused-ring (bicyclic) bond motifs is 2. The van der Waals surface area contributed by atoms with E-state index < -0.39 is 0 Å². The summed E-state index contributed by atoms with van der Waals surface area (Å²) in [5, 5.41) is 2.83. The predicted octanol–water partition coefficient (Wildman–Crippen LogP) is 3.56. The molecule has 0 heterocycles. The van der Waals surface area contributed by atoms with Gasteiger partial charge < -0.3 is 15.2 Å². The van der Waals surface area contributed by atoms with E-state index in [1.807, 2.05) is 25.1 Å². The molecule has 6 nitrogen and oxygen atoms in total. The zero-order chi connectivity index (χ0) is 19.2. The van der Waals surface area contributed by atoms with Gasteiger partial charge in [-0.1, -0.05) is 42.4 Å². The van der Waals surface area contributed by atoms with Crippen molar-refractivity contribution < 1.29 is 14.3 Å². The number of nitrogens with zero attached hydrogens (tertiary/aromatic N) is 1. The monoisotopic (exact) mass is 366 g/mol. The van der Waals surface area contributed by atoms with Gasteiger partial charge in [0.1, 0.15) is 31.3 Å². The van der Waals surface area contributed by atoms with Gasteiger partial charge >= 0.3 is 0 Å². The Morgan fingerprint density at radius 1 is 1.00 bits per heavy atom. The summed E-state index contributed by atoms with van der Waals surface area (Å²) < 4.78 is 11.6. The number of rotatable bonds is 8. The van der Waals surface area contributed by atoms with Crippen molar-refractivity contribution in [3.63, 3.8) is 0 Å². The van der Waals surface area contributed by atoms with Gasteiger partial charge in [-0.2, -0.15) is 4.91 Å². The fraction of sp³-hybridized carbons (Fsp3) is 0.286. The highest BCUT2D eigenvalue weighted by molar-refractivity contribution is 6.20. The number of nitroso groups, excluding NO2 is 1. The van der Waals surface area contributed by atoms with Crippen LogP contribution in [0.3, 0.4) is 0 Å². The molecule has 2 aromatic carbocycles. The first-order valence-corrected chi connectivity index (χ1v) is 8.99. The van der Waals surface area contributed by atoms with Crippen LogP contribution in [0.2, 0.25) is 0 Å². The maximum atomic E-state index is 13.1. The lowest BCUT2D eigenvalue weighted by molar-refractivity contribution is 0.103. The number of ketones is 1. The van der Waals surface area contributed by atoms with Crippen LogP contribution < -0.4 is 15.2 Å². The number of allylic oxidation sites excluding steroid dienone is 1. The molecule has 0 aromatic heterocycles. The molecule has 0 radical (unpaired) electrons. The van der Waals surface area contributed by atoms with Crippen LogP contribution in [0.1, 0.15) is 40.4 Å². The molecule has 0 atom stereocenters. The van der Waals surface area contributed by atoms with E-state index in [-0.39, 0.29) is 18.9 Å². The number of carbonyl (C=O) groups is 1. The molecule has 6 heteroatoms. The minimum Gasteiger partial charge on any atom is -0.492 e. The van der Waals surface area contributed by atoms with Gasteiger partial charge in [-0.15, -0.1) is 0 Å². The van der Waals surface area contributed by atoms with Crippen LogP contribution in [0.5, 0.6) is 11.5 Å². The van der Waals surface area contributed by atoms with Gasteiger partial charge in [-0.25, -0.2) is 0 Å². The van der Waals surface area contributed by atoms with Crippen LogP contribution >= 0.6 is 0 Å². The van der Waals surface area contributed by atoms with Gasteiger partial charge in [0.25, 0.3) is 0 Å². The highest BCUT2D eigenvalue weighted by atomic mass is 16.5. The summed E-state index contributed by atoms with van der Waals surface area (Å²) in [5.41, 5.74) is 9.14. The summed E-state index contributed by atoms with van der Waals surface area (Å²) in [5.74, 6) is 1.11. The number of hydrogen-bond donors (Lipinski definition) is 1. The van der Waals surface area contributed by atoms with Gasteiger partial charge in [0, 0.05) is 28.8 Å². The average molecular weight is 366 g/mol. The quantitative estimate of drug-likeness (QED) is 0.486. The van der Waals surface area contributed by atoms with Crippen LogP contribution in [0.4, 0.5) is 0 Å². The Morgan fingerprint density at radius 2 is 1.59 bits per heavy atom. The Hall–Kier alpha value is -2.99. The second-order valence-electron chi connectivity index (χ2n) is 6.05. The fourth-order valence-electron chi connectivity index (χ4n) is 3.28. The second-order valence-corrected chi connectivity index (χ2v) is 6.05. The van der Waals surface area contributed by atoms with Gasteiger partial charge in [0.2, 0.25) is 0 Å². The zero-order valence-electron chi connectivity index (χ0n) is 15.2. The van der Waals surface area contributed by atoms with Crippen molar-refractivity contribution in [3.05, 3.63) is 69.6 Å². The molecule has 0 fully saturated rings. The summed E-state index contributed by atoms with van der Waals surface area (Å²) in [6, 6.07) is 10.8. The third-order valence-electron chi connectivity index (χ3n) is 4.30. The molecule has 0 amide bonds. The lowest BCUT2D eigenvalue weighted by Crippen LogP contribution is -2.18. The van der Waals surface area contributed by atoms with E-state index in [4.69, 9.17) is 15.2 Å². The molecule has 0 spiro atoms. The molecule has 0 saturated heterocycles. The minimum atomic E-state index is -0.0783. The number of nitrogens with two attached hydrogens (primary N) is 1. The molecule has 1 aliphatic carbocycles. The molecule has 0 bridgehead atoms. The number of hydrogen-bond acceptors (Lipinski definition) is 6. The first kappa shape index (κ1) is 18.8.